The van der Waals surface area contributed by atoms with Gasteiger partial charge in [-0.2, -0.15) is 0 Å². The number of carbonyl (C=O) groups is 3. The lowest BCUT2D eigenvalue weighted by molar-refractivity contribution is -0.123. The summed E-state index contributed by atoms with van der Waals surface area (Å²) in [6, 6.07) is -0.603. The van der Waals surface area contributed by atoms with Crippen LogP contribution in [0.2, 0.25) is 0 Å². The SMILES string of the molecule is CC(=O)c1[nH]cnc1C(=O)NC(C)C(=O)C(C)C. The Morgan fingerprint density at radius 1 is 1.28 bits per heavy atom. The van der Waals surface area contributed by atoms with Crippen LogP contribution < -0.4 is 5.32 Å². The molecule has 1 amide bonds. The summed E-state index contributed by atoms with van der Waals surface area (Å²) < 4.78 is 0. The molecule has 0 radical (unpaired) electrons. The Balaban J connectivity index is 2.80. The second-order valence-corrected chi connectivity index (χ2v) is 4.43. The van der Waals surface area contributed by atoms with Gasteiger partial charge in [-0.1, -0.05) is 13.8 Å². The lowest BCUT2D eigenvalue weighted by atomic mass is 10.0. The van der Waals surface area contributed by atoms with E-state index in [0.29, 0.717) is 0 Å². The lowest BCUT2D eigenvalue weighted by Gasteiger charge is -2.14. The first-order valence-corrected chi connectivity index (χ1v) is 5.73. The number of ketones is 2. The van der Waals surface area contributed by atoms with Crippen molar-refractivity contribution >= 4 is 17.5 Å². The Bertz CT molecular complexity index is 477. The highest BCUT2D eigenvalue weighted by Gasteiger charge is 2.23. The van der Waals surface area contributed by atoms with Gasteiger partial charge >= 0.3 is 0 Å². The summed E-state index contributed by atoms with van der Waals surface area (Å²) in [5.41, 5.74) is 0.169. The molecule has 0 aliphatic heterocycles. The maximum absolute atomic E-state index is 11.9. The monoisotopic (exact) mass is 251 g/mol. The molecule has 0 spiro atoms. The topological polar surface area (TPSA) is 91.9 Å². The molecule has 1 heterocycles. The van der Waals surface area contributed by atoms with Crippen molar-refractivity contribution in [1.29, 1.82) is 0 Å². The normalized spacial score (nSPS) is 12.3. The summed E-state index contributed by atoms with van der Waals surface area (Å²) in [6.07, 6.45) is 1.28. The van der Waals surface area contributed by atoms with Crippen LogP contribution in [0.5, 0.6) is 0 Å². The van der Waals surface area contributed by atoms with Crippen LogP contribution in [0, 0.1) is 5.92 Å². The highest BCUT2D eigenvalue weighted by molar-refractivity contribution is 6.05. The second-order valence-electron chi connectivity index (χ2n) is 4.43. The van der Waals surface area contributed by atoms with Gasteiger partial charge in [0.2, 0.25) is 0 Å². The van der Waals surface area contributed by atoms with E-state index in [4.69, 9.17) is 0 Å². The number of Topliss-reactive ketones (excluding diaryl/α,β-unsaturated/α-hetero) is 2. The fourth-order valence-electron chi connectivity index (χ4n) is 1.57. The minimum Gasteiger partial charge on any atom is -0.342 e. The van der Waals surface area contributed by atoms with Gasteiger partial charge in [0, 0.05) is 12.8 Å². The van der Waals surface area contributed by atoms with Crippen molar-refractivity contribution in [1.82, 2.24) is 15.3 Å². The van der Waals surface area contributed by atoms with Gasteiger partial charge < -0.3 is 10.3 Å². The predicted octanol–water partition coefficient (Wildman–Crippen LogP) is 0.956. The quantitative estimate of drug-likeness (QED) is 0.762. The standard InChI is InChI=1S/C12H17N3O3/c1-6(2)11(17)7(3)15-12(18)10-9(8(4)16)13-5-14-10/h5-7H,1-4H3,(H,13,14)(H,15,18). The Morgan fingerprint density at radius 2 is 1.89 bits per heavy atom. The lowest BCUT2D eigenvalue weighted by Crippen LogP contribution is -2.41. The first kappa shape index (κ1) is 14.1. The third-order valence-corrected chi connectivity index (χ3v) is 2.55. The highest BCUT2D eigenvalue weighted by atomic mass is 16.2. The summed E-state index contributed by atoms with van der Waals surface area (Å²) in [7, 11) is 0. The third kappa shape index (κ3) is 3.03. The zero-order valence-corrected chi connectivity index (χ0v) is 10.9. The van der Waals surface area contributed by atoms with Crippen molar-refractivity contribution in [3.8, 4) is 0 Å². The highest BCUT2D eigenvalue weighted by Crippen LogP contribution is 2.05. The maximum atomic E-state index is 11.9. The Hall–Kier alpha value is -1.98. The number of nitrogens with one attached hydrogen (secondary N) is 2. The second kappa shape index (κ2) is 5.57. The summed E-state index contributed by atoms with van der Waals surface area (Å²) in [5, 5.41) is 2.54. The molecule has 6 nitrogen and oxygen atoms in total. The van der Waals surface area contributed by atoms with Crippen molar-refractivity contribution < 1.29 is 14.4 Å². The van der Waals surface area contributed by atoms with Gasteiger partial charge in [-0.05, 0) is 6.92 Å². The molecule has 0 saturated heterocycles. The van der Waals surface area contributed by atoms with Crippen molar-refractivity contribution in [3.63, 3.8) is 0 Å². The van der Waals surface area contributed by atoms with E-state index in [-0.39, 0.29) is 28.9 Å². The van der Waals surface area contributed by atoms with E-state index >= 15 is 0 Å². The maximum Gasteiger partial charge on any atom is 0.272 e. The number of H-pyrrole nitrogens is 1. The van der Waals surface area contributed by atoms with Gasteiger partial charge in [-0.25, -0.2) is 4.98 Å². The average molecular weight is 251 g/mol. The van der Waals surface area contributed by atoms with Gasteiger partial charge in [-0.15, -0.1) is 0 Å². The van der Waals surface area contributed by atoms with Gasteiger partial charge in [0.15, 0.2) is 17.3 Å². The van der Waals surface area contributed by atoms with E-state index in [1.807, 2.05) is 0 Å². The van der Waals surface area contributed by atoms with E-state index in [1.54, 1.807) is 20.8 Å². The average Bonchev–Trinajstić information content (AvgIpc) is 2.76. The molecule has 1 aromatic heterocycles. The molecular weight excluding hydrogens is 234 g/mol. The molecular formula is C12H17N3O3. The summed E-state index contributed by atoms with van der Waals surface area (Å²) in [5.74, 6) is -1.03. The fourth-order valence-corrected chi connectivity index (χ4v) is 1.57. The molecule has 1 rings (SSSR count). The minimum absolute atomic E-state index is 0.0194. The molecule has 0 bridgehead atoms. The van der Waals surface area contributed by atoms with Crippen LogP contribution in [0.25, 0.3) is 0 Å². The van der Waals surface area contributed by atoms with Crippen LogP contribution in [0.15, 0.2) is 6.33 Å². The zero-order valence-electron chi connectivity index (χ0n) is 10.9. The van der Waals surface area contributed by atoms with Crippen molar-refractivity contribution in [3.05, 3.63) is 17.7 Å². The summed E-state index contributed by atoms with van der Waals surface area (Å²) in [6.45, 7) is 6.48. The molecule has 0 aromatic carbocycles. The molecule has 18 heavy (non-hydrogen) atoms. The number of rotatable bonds is 5. The minimum atomic E-state index is -0.603. The molecule has 2 N–H and O–H groups in total. The van der Waals surface area contributed by atoms with Crippen LogP contribution in [-0.4, -0.2) is 33.5 Å². The number of imidazole rings is 1. The molecule has 6 heteroatoms. The Labute approximate surface area is 105 Å². The number of carbonyl (C=O) groups excluding carboxylic acids is 3. The number of nitrogens with zero attached hydrogens (tertiary/aromatic N) is 1. The molecule has 1 aromatic rings. The van der Waals surface area contributed by atoms with Crippen LogP contribution in [0.3, 0.4) is 0 Å². The van der Waals surface area contributed by atoms with Crippen molar-refractivity contribution in [2.45, 2.75) is 33.7 Å². The molecule has 0 saturated carbocycles. The number of hydrogen-bond donors (Lipinski definition) is 2. The number of hydrogen-bond acceptors (Lipinski definition) is 4. The van der Waals surface area contributed by atoms with Crippen LogP contribution in [-0.2, 0) is 4.79 Å². The molecule has 98 valence electrons. The first-order valence-electron chi connectivity index (χ1n) is 5.73. The number of amides is 1. The third-order valence-electron chi connectivity index (χ3n) is 2.55. The van der Waals surface area contributed by atoms with E-state index in [1.165, 1.54) is 13.3 Å². The van der Waals surface area contributed by atoms with E-state index in [2.05, 4.69) is 15.3 Å². The number of aromatic amines is 1. The van der Waals surface area contributed by atoms with Crippen LogP contribution >= 0.6 is 0 Å². The van der Waals surface area contributed by atoms with Gasteiger partial charge in [0.25, 0.3) is 5.91 Å². The van der Waals surface area contributed by atoms with Gasteiger partial charge in [0.1, 0.15) is 5.69 Å². The molecule has 0 aliphatic carbocycles. The molecule has 0 fully saturated rings. The summed E-state index contributed by atoms with van der Waals surface area (Å²) >= 11 is 0. The summed E-state index contributed by atoms with van der Waals surface area (Å²) in [4.78, 5) is 41.2. The predicted molar refractivity (Wildman–Crippen MR) is 65.4 cm³/mol. The van der Waals surface area contributed by atoms with E-state index in [9.17, 15) is 14.4 Å². The van der Waals surface area contributed by atoms with Crippen LogP contribution in [0.1, 0.15) is 48.7 Å². The Kier molecular flexibility index (Phi) is 4.36. The van der Waals surface area contributed by atoms with Crippen LogP contribution in [0.4, 0.5) is 0 Å². The van der Waals surface area contributed by atoms with Gasteiger partial charge in [0.05, 0.1) is 12.4 Å². The number of aromatic nitrogens is 2. The smallest absolute Gasteiger partial charge is 0.272 e. The molecule has 0 aliphatic rings. The van der Waals surface area contributed by atoms with E-state index in [0.717, 1.165) is 0 Å². The van der Waals surface area contributed by atoms with E-state index < -0.39 is 11.9 Å². The van der Waals surface area contributed by atoms with Gasteiger partial charge in [-0.3, -0.25) is 14.4 Å². The fraction of sp³-hybridized carbons (Fsp3) is 0.500. The Morgan fingerprint density at radius 3 is 2.39 bits per heavy atom. The van der Waals surface area contributed by atoms with Crippen molar-refractivity contribution in [2.24, 2.45) is 5.92 Å². The molecule has 1 unspecified atom stereocenters. The first-order chi connectivity index (χ1) is 8.34. The van der Waals surface area contributed by atoms with Crippen molar-refractivity contribution in [2.75, 3.05) is 0 Å². The zero-order chi connectivity index (χ0) is 13.9. The molecule has 1 atom stereocenters. The largest absolute Gasteiger partial charge is 0.342 e.